The molecule has 0 aliphatic rings. The van der Waals surface area contributed by atoms with Gasteiger partial charge in [0, 0.05) is 53.6 Å². The molecule has 3 nitrogen and oxygen atoms in total. The van der Waals surface area contributed by atoms with Crippen LogP contribution in [0.25, 0.3) is 42.6 Å². The van der Waals surface area contributed by atoms with E-state index in [9.17, 15) is 14.3 Å². The molecule has 251 valence electrons. The van der Waals surface area contributed by atoms with Crippen molar-refractivity contribution in [1.82, 2.24) is 4.98 Å². The summed E-state index contributed by atoms with van der Waals surface area (Å²) in [4.78, 5) is 16.8. The zero-order valence-corrected chi connectivity index (χ0v) is 33.3. The Labute approximate surface area is 298 Å². The molecule has 0 fully saturated rings. The van der Waals surface area contributed by atoms with Gasteiger partial charge in [-0.1, -0.05) is 99.9 Å². The molecule has 0 spiro atoms. The molecule has 0 aliphatic carbocycles. The third-order valence-corrected chi connectivity index (χ3v) is 12.1. The van der Waals surface area contributed by atoms with Gasteiger partial charge in [-0.2, -0.15) is 0 Å². The predicted molar refractivity (Wildman–Crippen MR) is 199 cm³/mol. The summed E-state index contributed by atoms with van der Waals surface area (Å²) in [6, 6.07) is 23.8. The van der Waals surface area contributed by atoms with E-state index in [4.69, 9.17) is 4.98 Å². The number of carbonyl (C=O) groups is 1. The van der Waals surface area contributed by atoms with Crippen LogP contribution in [0.2, 0.25) is 19.6 Å². The first-order chi connectivity index (χ1) is 21.8. The normalized spacial score (nSPS) is 12.0. The summed E-state index contributed by atoms with van der Waals surface area (Å²) < 4.78 is 13.0. The molecule has 3 aromatic carbocycles. The first-order valence-corrected chi connectivity index (χ1v) is 20.6. The van der Waals surface area contributed by atoms with Crippen LogP contribution in [0, 0.1) is 25.8 Å². The van der Waals surface area contributed by atoms with Gasteiger partial charge >= 0.3 is 0 Å². The number of thiophene rings is 1. The van der Waals surface area contributed by atoms with Crippen molar-refractivity contribution in [2.45, 2.75) is 79.9 Å². The van der Waals surface area contributed by atoms with Crippen LogP contribution in [0.15, 0.2) is 72.6 Å². The fourth-order valence-corrected chi connectivity index (χ4v) is 8.50. The molecule has 0 saturated heterocycles. The standard InChI is InChI=1S/C31H32NSSi.C9H15FO2.Ir/c1-19(2)28-18-23(17-22-10-8-9-11-27(22)28)29-31-26(14-15-32-29)21(4)30(33-31)25-13-12-24(16-20(25)3)34(5,6)7;1-3-7(4-2)9(12)5-8(11)6-10;/h8-16,18-19H,1-7H3;5,7,12H,3-4,6H2,1-2H3;/q-1;;/b;9-5-;. The Morgan fingerprint density at radius 2 is 1.70 bits per heavy atom. The molecule has 0 aliphatic heterocycles. The van der Waals surface area contributed by atoms with Crippen LogP contribution in [0.1, 0.15) is 63.1 Å². The van der Waals surface area contributed by atoms with Crippen LogP contribution >= 0.6 is 11.3 Å². The van der Waals surface area contributed by atoms with Crippen molar-refractivity contribution in [2.75, 3.05) is 6.67 Å². The van der Waals surface area contributed by atoms with E-state index in [1.54, 1.807) is 0 Å². The van der Waals surface area contributed by atoms with Gasteiger partial charge in [-0.15, -0.1) is 40.5 Å². The Morgan fingerprint density at radius 3 is 2.30 bits per heavy atom. The van der Waals surface area contributed by atoms with Gasteiger partial charge in [0.2, 0.25) is 0 Å². The monoisotopic (exact) mass is 845 g/mol. The molecule has 1 radical (unpaired) electrons. The van der Waals surface area contributed by atoms with Crippen LogP contribution < -0.4 is 5.19 Å². The number of halogens is 1. The van der Waals surface area contributed by atoms with Crippen LogP contribution in [0.4, 0.5) is 4.39 Å². The number of pyridine rings is 1. The van der Waals surface area contributed by atoms with E-state index < -0.39 is 20.5 Å². The van der Waals surface area contributed by atoms with E-state index in [1.165, 1.54) is 47.8 Å². The van der Waals surface area contributed by atoms with Gasteiger partial charge in [0.05, 0.1) is 13.8 Å². The van der Waals surface area contributed by atoms with Crippen molar-refractivity contribution in [3.05, 3.63) is 95.4 Å². The van der Waals surface area contributed by atoms with E-state index in [0.29, 0.717) is 5.92 Å². The molecule has 5 aromatic rings. The number of aryl methyl sites for hydroxylation is 2. The molecule has 0 amide bonds. The van der Waals surface area contributed by atoms with Crippen molar-refractivity contribution < 1.29 is 34.4 Å². The smallest absolute Gasteiger partial charge is 0.189 e. The number of alkyl halides is 1. The van der Waals surface area contributed by atoms with E-state index in [1.807, 2.05) is 31.4 Å². The molecule has 47 heavy (non-hydrogen) atoms. The maximum Gasteiger partial charge on any atom is 0.189 e. The number of nitrogens with zero attached hydrogens (tertiary/aromatic N) is 1. The van der Waals surface area contributed by atoms with E-state index in [0.717, 1.165) is 35.6 Å². The number of aromatic nitrogens is 1. The zero-order valence-electron chi connectivity index (χ0n) is 29.0. The largest absolute Gasteiger partial charge is 0.512 e. The van der Waals surface area contributed by atoms with E-state index in [-0.39, 0.29) is 31.8 Å². The summed E-state index contributed by atoms with van der Waals surface area (Å²) in [6.07, 6.45) is 4.47. The average molecular weight is 845 g/mol. The molecule has 0 atom stereocenters. The molecule has 0 unspecified atom stereocenters. The number of aliphatic hydroxyl groups is 1. The minimum atomic E-state index is -1.34. The number of allylic oxidation sites excluding steroid dienone is 2. The zero-order chi connectivity index (χ0) is 33.8. The van der Waals surface area contributed by atoms with Crippen molar-refractivity contribution in [3.8, 4) is 21.7 Å². The number of rotatable bonds is 9. The van der Waals surface area contributed by atoms with Crippen LogP contribution in [-0.4, -0.2) is 30.6 Å². The Balaban J connectivity index is 0.000000397. The minimum absolute atomic E-state index is 0. The van der Waals surface area contributed by atoms with Crippen LogP contribution in [0.3, 0.4) is 0 Å². The molecular formula is C40H47FIrNO2SSi-. The van der Waals surface area contributed by atoms with Crippen LogP contribution in [-0.2, 0) is 24.9 Å². The Kier molecular flexibility index (Phi) is 13.5. The summed E-state index contributed by atoms with van der Waals surface area (Å²) in [5.74, 6) is -0.242. The second kappa shape index (κ2) is 16.4. The number of fused-ring (bicyclic) bond motifs is 2. The number of benzene rings is 3. The summed E-state index contributed by atoms with van der Waals surface area (Å²) in [5, 5.41) is 14.5. The third-order valence-electron chi connectivity index (χ3n) is 8.72. The van der Waals surface area contributed by atoms with Gasteiger partial charge in [0.15, 0.2) is 12.5 Å². The maximum absolute atomic E-state index is 11.7. The minimum Gasteiger partial charge on any atom is -0.512 e. The SMILES string of the molecule is CCC(CC)/C(O)=C/C(=O)CF.Cc1cc([Si](C)(C)C)ccc1-c1sc2c(-c3[c-]c4ccccc4c(C(C)C)c3)nccc2c1C.[Ir]. The summed E-state index contributed by atoms with van der Waals surface area (Å²) in [7, 11) is -1.34. The second-order valence-corrected chi connectivity index (χ2v) is 19.5. The number of aliphatic hydroxyl groups excluding tert-OH is 1. The first kappa shape index (κ1) is 38.5. The van der Waals surface area contributed by atoms with Gasteiger partial charge in [0.1, 0.15) is 0 Å². The van der Waals surface area contributed by atoms with Crippen molar-refractivity contribution in [2.24, 2.45) is 5.92 Å². The van der Waals surface area contributed by atoms with E-state index in [2.05, 4.69) is 108 Å². The summed E-state index contributed by atoms with van der Waals surface area (Å²) >= 11 is 1.87. The number of hydrogen-bond acceptors (Lipinski definition) is 4. The van der Waals surface area contributed by atoms with Crippen molar-refractivity contribution >= 4 is 51.2 Å². The fourth-order valence-electron chi connectivity index (χ4n) is 5.87. The topological polar surface area (TPSA) is 50.2 Å². The van der Waals surface area contributed by atoms with Gasteiger partial charge in [-0.25, -0.2) is 4.39 Å². The molecular weight excluding hydrogens is 798 g/mol. The summed E-state index contributed by atoms with van der Waals surface area (Å²) in [6.45, 7) is 19.1. The quantitative estimate of drug-likeness (QED) is 0.0696. The second-order valence-electron chi connectivity index (χ2n) is 13.4. The fraction of sp³-hybridized carbons (Fsp3) is 0.350. The van der Waals surface area contributed by atoms with E-state index >= 15 is 0 Å². The average Bonchev–Trinajstić information content (AvgIpc) is 3.36. The Bertz CT molecular complexity index is 1890. The van der Waals surface area contributed by atoms with Crippen molar-refractivity contribution in [1.29, 1.82) is 0 Å². The van der Waals surface area contributed by atoms with Gasteiger partial charge < -0.3 is 5.11 Å². The van der Waals surface area contributed by atoms with Gasteiger partial charge in [-0.05, 0) is 60.7 Å². The molecule has 0 saturated carbocycles. The molecule has 0 bridgehead atoms. The molecule has 2 heterocycles. The maximum atomic E-state index is 11.7. The molecule has 1 N–H and O–H groups in total. The Hall–Kier alpha value is -2.96. The molecule has 2 aromatic heterocycles. The van der Waals surface area contributed by atoms with Crippen molar-refractivity contribution in [3.63, 3.8) is 0 Å². The number of hydrogen-bond donors (Lipinski definition) is 1. The summed E-state index contributed by atoms with van der Waals surface area (Å²) in [5.41, 5.74) is 7.54. The third kappa shape index (κ3) is 8.74. The van der Waals surface area contributed by atoms with Gasteiger partial charge in [-0.3, -0.25) is 9.78 Å². The predicted octanol–water partition coefficient (Wildman–Crippen LogP) is 11.3. The Morgan fingerprint density at radius 1 is 1.02 bits per heavy atom. The van der Waals surface area contributed by atoms with Gasteiger partial charge in [0.25, 0.3) is 0 Å². The number of carbonyl (C=O) groups excluding carboxylic acids is 1. The molecule has 5 rings (SSSR count). The molecule has 7 heteroatoms. The first-order valence-electron chi connectivity index (χ1n) is 16.2. The van der Waals surface area contributed by atoms with Crippen LogP contribution in [0.5, 0.6) is 0 Å². The number of ketones is 1.